The second kappa shape index (κ2) is 6.91. The molecule has 0 aromatic carbocycles. The van der Waals surface area contributed by atoms with E-state index in [9.17, 15) is 9.59 Å². The van der Waals surface area contributed by atoms with Crippen LogP contribution >= 0.6 is 11.3 Å². The molecule has 3 heterocycles. The number of amides is 2. The molecule has 8 nitrogen and oxygen atoms in total. The van der Waals surface area contributed by atoms with Crippen LogP contribution in [0.5, 0.6) is 0 Å². The van der Waals surface area contributed by atoms with Crippen molar-refractivity contribution < 1.29 is 14.1 Å². The van der Waals surface area contributed by atoms with Gasteiger partial charge in [0.2, 0.25) is 16.9 Å². The summed E-state index contributed by atoms with van der Waals surface area (Å²) in [5, 5.41) is 16.4. The lowest BCUT2D eigenvalue weighted by Gasteiger charge is -2.12. The van der Waals surface area contributed by atoms with Crippen molar-refractivity contribution in [2.24, 2.45) is 5.92 Å². The summed E-state index contributed by atoms with van der Waals surface area (Å²) in [4.78, 5) is 26.3. The molecule has 25 heavy (non-hydrogen) atoms. The monoisotopic (exact) mass is 363 g/mol. The minimum Gasteiger partial charge on any atom is -0.361 e. The summed E-state index contributed by atoms with van der Waals surface area (Å²) in [7, 11) is 0. The number of anilines is 1. The Bertz CT molecular complexity index is 778. The van der Waals surface area contributed by atoms with Crippen LogP contribution in [0.15, 0.2) is 4.52 Å². The summed E-state index contributed by atoms with van der Waals surface area (Å²) in [6.07, 6.45) is 0.185. The zero-order valence-corrected chi connectivity index (χ0v) is 15.5. The highest BCUT2D eigenvalue weighted by Gasteiger charge is 2.36. The van der Waals surface area contributed by atoms with Crippen LogP contribution in [0.25, 0.3) is 0 Å². The van der Waals surface area contributed by atoms with Crippen LogP contribution in [0.2, 0.25) is 0 Å². The smallest absolute Gasteiger partial charge is 0.229 e. The first-order valence-electron chi connectivity index (χ1n) is 8.20. The average molecular weight is 363 g/mol. The molecular formula is C16H21N5O3S. The van der Waals surface area contributed by atoms with E-state index in [1.807, 2.05) is 27.7 Å². The number of nitrogens with zero attached hydrogens (tertiary/aromatic N) is 4. The highest BCUT2D eigenvalue weighted by atomic mass is 32.1. The van der Waals surface area contributed by atoms with Crippen molar-refractivity contribution in [3.63, 3.8) is 0 Å². The van der Waals surface area contributed by atoms with Crippen LogP contribution in [0.1, 0.15) is 48.2 Å². The number of hydrogen-bond acceptors (Lipinski definition) is 7. The fourth-order valence-electron chi connectivity index (χ4n) is 2.71. The Morgan fingerprint density at radius 3 is 2.76 bits per heavy atom. The van der Waals surface area contributed by atoms with Gasteiger partial charge in [-0.2, -0.15) is 0 Å². The van der Waals surface area contributed by atoms with E-state index in [-0.39, 0.29) is 30.1 Å². The lowest BCUT2D eigenvalue weighted by molar-refractivity contribution is -0.126. The summed E-state index contributed by atoms with van der Waals surface area (Å²) < 4.78 is 5.09. The van der Waals surface area contributed by atoms with Crippen molar-refractivity contribution in [3.05, 3.63) is 22.0 Å². The maximum absolute atomic E-state index is 12.4. The fraction of sp³-hybridized carbons (Fsp3) is 0.562. The second-order valence-electron chi connectivity index (χ2n) is 6.50. The molecule has 2 amide bonds. The van der Waals surface area contributed by atoms with Gasteiger partial charge >= 0.3 is 0 Å². The normalized spacial score (nSPS) is 17.6. The van der Waals surface area contributed by atoms with Crippen LogP contribution in [-0.2, 0) is 16.1 Å². The van der Waals surface area contributed by atoms with Gasteiger partial charge in [0, 0.05) is 31.0 Å². The first-order chi connectivity index (χ1) is 11.9. The van der Waals surface area contributed by atoms with Crippen LogP contribution in [0, 0.1) is 19.8 Å². The van der Waals surface area contributed by atoms with E-state index in [0.717, 1.165) is 16.3 Å². The molecule has 0 bridgehead atoms. The molecule has 1 aliphatic heterocycles. The third-order valence-corrected chi connectivity index (χ3v) is 5.52. The molecule has 1 saturated heterocycles. The topological polar surface area (TPSA) is 101 Å². The molecule has 1 N–H and O–H groups in total. The van der Waals surface area contributed by atoms with E-state index in [1.54, 1.807) is 4.90 Å². The van der Waals surface area contributed by atoms with E-state index in [2.05, 4.69) is 20.7 Å². The minimum atomic E-state index is -0.389. The van der Waals surface area contributed by atoms with Crippen molar-refractivity contribution in [1.82, 2.24) is 20.7 Å². The molecule has 1 unspecified atom stereocenters. The summed E-state index contributed by atoms with van der Waals surface area (Å²) in [6, 6.07) is 0. The van der Waals surface area contributed by atoms with Crippen LogP contribution < -0.4 is 10.2 Å². The molecular weight excluding hydrogens is 342 g/mol. The second-order valence-corrected chi connectivity index (χ2v) is 7.49. The fourth-order valence-corrected chi connectivity index (χ4v) is 3.58. The maximum atomic E-state index is 12.4. The van der Waals surface area contributed by atoms with Crippen LogP contribution in [-0.4, -0.2) is 33.7 Å². The number of aryl methyl sites for hydroxylation is 2. The van der Waals surface area contributed by atoms with E-state index < -0.39 is 0 Å². The molecule has 1 atom stereocenters. The van der Waals surface area contributed by atoms with Crippen molar-refractivity contribution in [1.29, 1.82) is 0 Å². The van der Waals surface area contributed by atoms with Gasteiger partial charge in [-0.3, -0.25) is 14.5 Å². The number of carbonyl (C=O) groups is 2. The molecule has 9 heteroatoms. The Balaban J connectivity index is 1.62. The number of carbonyl (C=O) groups excluding carboxylic acids is 2. The molecule has 2 aromatic heterocycles. The third-order valence-electron chi connectivity index (χ3n) is 4.27. The predicted molar refractivity (Wildman–Crippen MR) is 92.3 cm³/mol. The van der Waals surface area contributed by atoms with E-state index in [0.29, 0.717) is 24.0 Å². The highest BCUT2D eigenvalue weighted by molar-refractivity contribution is 7.15. The number of rotatable bonds is 5. The third kappa shape index (κ3) is 3.55. The van der Waals surface area contributed by atoms with Gasteiger partial charge < -0.3 is 9.84 Å². The van der Waals surface area contributed by atoms with Gasteiger partial charge in [-0.1, -0.05) is 30.3 Å². The summed E-state index contributed by atoms with van der Waals surface area (Å²) in [6.45, 7) is 8.38. The summed E-state index contributed by atoms with van der Waals surface area (Å²) >= 11 is 1.40. The summed E-state index contributed by atoms with van der Waals surface area (Å²) in [5.74, 6) is 0.322. The van der Waals surface area contributed by atoms with Crippen molar-refractivity contribution in [2.45, 2.75) is 46.6 Å². The molecule has 1 aliphatic rings. The molecule has 0 aliphatic carbocycles. The lowest BCUT2D eigenvalue weighted by atomic mass is 10.1. The Morgan fingerprint density at radius 2 is 2.16 bits per heavy atom. The van der Waals surface area contributed by atoms with Gasteiger partial charge in [0.15, 0.2) is 0 Å². The van der Waals surface area contributed by atoms with E-state index in [1.165, 1.54) is 11.3 Å². The largest absolute Gasteiger partial charge is 0.361 e. The number of nitrogens with one attached hydrogen (secondary N) is 1. The summed E-state index contributed by atoms with van der Waals surface area (Å²) in [5.41, 5.74) is 1.64. The highest BCUT2D eigenvalue weighted by Crippen LogP contribution is 2.30. The van der Waals surface area contributed by atoms with Gasteiger partial charge in [-0.25, -0.2) is 0 Å². The number of aromatic nitrogens is 3. The molecule has 0 spiro atoms. The van der Waals surface area contributed by atoms with Crippen LogP contribution in [0.3, 0.4) is 0 Å². The molecule has 0 radical (unpaired) electrons. The Morgan fingerprint density at radius 1 is 1.40 bits per heavy atom. The zero-order chi connectivity index (χ0) is 18.1. The first kappa shape index (κ1) is 17.5. The van der Waals surface area contributed by atoms with Crippen molar-refractivity contribution in [3.8, 4) is 0 Å². The number of hydrogen-bond donors (Lipinski definition) is 1. The van der Waals surface area contributed by atoms with Gasteiger partial charge in [-0.15, -0.1) is 10.2 Å². The molecule has 2 aromatic rings. The Kier molecular flexibility index (Phi) is 4.85. The van der Waals surface area contributed by atoms with Gasteiger partial charge in [0.25, 0.3) is 0 Å². The van der Waals surface area contributed by atoms with Gasteiger partial charge in [0.1, 0.15) is 10.8 Å². The maximum Gasteiger partial charge on any atom is 0.229 e. The standard InChI is InChI=1S/C16H21N5O3S/c1-8(2)15-18-19-16(25-15)21-7-11(5-13(21)22)14(23)17-6-12-9(3)20-24-10(12)4/h8,11H,5-7H2,1-4H3,(H,17,23). The zero-order valence-electron chi connectivity index (χ0n) is 14.7. The SMILES string of the molecule is Cc1noc(C)c1CNC(=O)C1CC(=O)N(c2nnc(C(C)C)s2)C1. The van der Waals surface area contributed by atoms with E-state index >= 15 is 0 Å². The van der Waals surface area contributed by atoms with Crippen molar-refractivity contribution in [2.75, 3.05) is 11.4 Å². The Labute approximate surface area is 149 Å². The van der Waals surface area contributed by atoms with Gasteiger partial charge in [0.05, 0.1) is 11.6 Å². The first-order valence-corrected chi connectivity index (χ1v) is 9.01. The molecule has 134 valence electrons. The molecule has 0 saturated carbocycles. The Hall–Kier alpha value is -2.29. The minimum absolute atomic E-state index is 0.0936. The predicted octanol–water partition coefficient (Wildman–Crippen LogP) is 1.94. The van der Waals surface area contributed by atoms with Gasteiger partial charge in [-0.05, 0) is 13.8 Å². The quantitative estimate of drug-likeness (QED) is 0.871. The van der Waals surface area contributed by atoms with Crippen LogP contribution in [0.4, 0.5) is 5.13 Å². The molecule has 3 rings (SSSR count). The van der Waals surface area contributed by atoms with Crippen molar-refractivity contribution >= 4 is 28.3 Å². The lowest BCUT2D eigenvalue weighted by Crippen LogP contribution is -2.32. The average Bonchev–Trinajstić information content (AvgIpc) is 3.25. The molecule has 1 fully saturated rings. The van der Waals surface area contributed by atoms with E-state index in [4.69, 9.17) is 4.52 Å².